The molecule has 0 saturated carbocycles. The molecule has 0 radical (unpaired) electrons. The van der Waals surface area contributed by atoms with Gasteiger partial charge in [0.15, 0.2) is 0 Å². The van der Waals surface area contributed by atoms with E-state index in [-0.39, 0.29) is 0 Å². The van der Waals surface area contributed by atoms with Gasteiger partial charge in [0.05, 0.1) is 0 Å². The quantitative estimate of drug-likeness (QED) is 0.805. The van der Waals surface area contributed by atoms with Crippen molar-refractivity contribution in [1.82, 2.24) is 0 Å². The lowest BCUT2D eigenvalue weighted by Gasteiger charge is -2.26. The zero-order chi connectivity index (χ0) is 13.3. The molecule has 94 valence electrons. The highest BCUT2D eigenvalue weighted by Crippen LogP contribution is 2.31. The molecule has 2 aromatic rings. The molecule has 1 unspecified atom stereocenters. The summed E-state index contributed by atoms with van der Waals surface area (Å²) in [5, 5.41) is 10.8. The Kier molecular flexibility index (Phi) is 3.78. The van der Waals surface area contributed by atoms with Crippen LogP contribution in [0.1, 0.15) is 29.2 Å². The fourth-order valence-corrected chi connectivity index (χ4v) is 2.65. The van der Waals surface area contributed by atoms with Crippen LogP contribution in [-0.4, -0.2) is 5.11 Å². The number of rotatable bonds is 2. The van der Waals surface area contributed by atoms with Gasteiger partial charge in [-0.2, -0.15) is 0 Å². The van der Waals surface area contributed by atoms with E-state index in [1.165, 1.54) is 9.13 Å². The first-order valence-corrected chi connectivity index (χ1v) is 7.05. The molecule has 0 saturated heterocycles. The third-order valence-corrected chi connectivity index (χ3v) is 4.03. The van der Waals surface area contributed by atoms with Crippen molar-refractivity contribution in [2.45, 2.75) is 26.4 Å². The summed E-state index contributed by atoms with van der Waals surface area (Å²) in [7, 11) is 0. The van der Waals surface area contributed by atoms with Crippen LogP contribution in [-0.2, 0) is 5.60 Å². The maximum Gasteiger partial charge on any atom is 0.112 e. The van der Waals surface area contributed by atoms with Crippen molar-refractivity contribution in [2.24, 2.45) is 0 Å². The van der Waals surface area contributed by atoms with Crippen LogP contribution in [0.5, 0.6) is 0 Å². The van der Waals surface area contributed by atoms with E-state index in [4.69, 9.17) is 0 Å². The van der Waals surface area contributed by atoms with E-state index in [0.717, 1.165) is 16.7 Å². The maximum absolute atomic E-state index is 10.8. The van der Waals surface area contributed by atoms with Gasteiger partial charge in [0.1, 0.15) is 5.60 Å². The summed E-state index contributed by atoms with van der Waals surface area (Å²) in [5.74, 6) is 0. The van der Waals surface area contributed by atoms with Crippen LogP contribution in [0.3, 0.4) is 0 Å². The van der Waals surface area contributed by atoms with Gasteiger partial charge >= 0.3 is 0 Å². The van der Waals surface area contributed by atoms with Crippen LogP contribution >= 0.6 is 22.6 Å². The minimum absolute atomic E-state index is 0.926. The van der Waals surface area contributed by atoms with Gasteiger partial charge in [-0.15, -0.1) is 0 Å². The van der Waals surface area contributed by atoms with Gasteiger partial charge < -0.3 is 5.11 Å². The van der Waals surface area contributed by atoms with E-state index in [0.29, 0.717) is 0 Å². The lowest BCUT2D eigenvalue weighted by molar-refractivity contribution is 0.101. The molecular weight excluding hydrogens is 335 g/mol. The molecule has 2 heteroatoms. The fraction of sp³-hybridized carbons (Fsp3) is 0.250. The second-order valence-electron chi connectivity index (χ2n) is 4.90. The topological polar surface area (TPSA) is 20.2 Å². The van der Waals surface area contributed by atoms with E-state index in [2.05, 4.69) is 35.6 Å². The molecule has 0 aromatic heterocycles. The molecule has 0 fully saturated rings. The summed E-state index contributed by atoms with van der Waals surface area (Å²) in [6.45, 7) is 5.97. The van der Waals surface area contributed by atoms with Gasteiger partial charge in [0.25, 0.3) is 0 Å². The Morgan fingerprint density at radius 3 is 2.17 bits per heavy atom. The van der Waals surface area contributed by atoms with Crippen LogP contribution < -0.4 is 0 Å². The molecule has 18 heavy (non-hydrogen) atoms. The molecule has 0 aliphatic heterocycles. The van der Waals surface area contributed by atoms with Crippen LogP contribution in [0.25, 0.3) is 0 Å². The van der Waals surface area contributed by atoms with Crippen molar-refractivity contribution in [3.05, 3.63) is 68.3 Å². The summed E-state index contributed by atoms with van der Waals surface area (Å²) in [5.41, 5.74) is 3.29. The average Bonchev–Trinajstić information content (AvgIpc) is 2.29. The Bertz CT molecular complexity index is 556. The highest BCUT2D eigenvalue weighted by atomic mass is 127. The molecule has 1 N–H and O–H groups in total. The standard InChI is InChI=1S/C16H17IO/c1-11-4-9-15(12(2)10-11)16(3,18)13-5-7-14(17)8-6-13/h4-10,18H,1-3H3. The minimum atomic E-state index is -0.942. The number of benzene rings is 2. The van der Waals surface area contributed by atoms with Gasteiger partial charge in [-0.3, -0.25) is 0 Å². The van der Waals surface area contributed by atoms with Crippen LogP contribution in [0.2, 0.25) is 0 Å². The predicted octanol–water partition coefficient (Wildman–Crippen LogP) is 4.16. The largest absolute Gasteiger partial charge is 0.381 e. The summed E-state index contributed by atoms with van der Waals surface area (Å²) in [4.78, 5) is 0. The van der Waals surface area contributed by atoms with Crippen LogP contribution in [0.15, 0.2) is 42.5 Å². The second-order valence-corrected chi connectivity index (χ2v) is 6.14. The van der Waals surface area contributed by atoms with Gasteiger partial charge in [0.2, 0.25) is 0 Å². The lowest BCUT2D eigenvalue weighted by Crippen LogP contribution is -2.24. The van der Waals surface area contributed by atoms with Gasteiger partial charge in [-0.25, -0.2) is 0 Å². The molecule has 2 rings (SSSR count). The Morgan fingerprint density at radius 2 is 1.61 bits per heavy atom. The molecule has 0 heterocycles. The highest BCUT2D eigenvalue weighted by molar-refractivity contribution is 14.1. The summed E-state index contributed by atoms with van der Waals surface area (Å²) >= 11 is 2.27. The summed E-state index contributed by atoms with van der Waals surface area (Å²) < 4.78 is 1.17. The first-order chi connectivity index (χ1) is 8.41. The van der Waals surface area contributed by atoms with Crippen molar-refractivity contribution in [2.75, 3.05) is 0 Å². The fourth-order valence-electron chi connectivity index (χ4n) is 2.29. The lowest BCUT2D eigenvalue weighted by atomic mass is 9.85. The number of hydrogen-bond acceptors (Lipinski definition) is 1. The zero-order valence-electron chi connectivity index (χ0n) is 10.9. The molecule has 0 bridgehead atoms. The molecule has 0 spiro atoms. The van der Waals surface area contributed by atoms with E-state index in [1.807, 2.05) is 50.2 Å². The van der Waals surface area contributed by atoms with E-state index < -0.39 is 5.60 Å². The smallest absolute Gasteiger partial charge is 0.112 e. The van der Waals surface area contributed by atoms with Gasteiger partial charge in [0, 0.05) is 3.57 Å². The third kappa shape index (κ3) is 2.59. The van der Waals surface area contributed by atoms with Gasteiger partial charge in [-0.05, 0) is 72.2 Å². The maximum atomic E-state index is 10.8. The third-order valence-electron chi connectivity index (χ3n) is 3.31. The summed E-state index contributed by atoms with van der Waals surface area (Å²) in [6.07, 6.45) is 0. The molecule has 1 atom stereocenters. The van der Waals surface area contributed by atoms with Crippen molar-refractivity contribution in [3.8, 4) is 0 Å². The average molecular weight is 352 g/mol. The summed E-state index contributed by atoms with van der Waals surface area (Å²) in [6, 6.07) is 14.2. The van der Waals surface area contributed by atoms with Crippen molar-refractivity contribution in [1.29, 1.82) is 0 Å². The molecule has 0 amide bonds. The van der Waals surface area contributed by atoms with Crippen molar-refractivity contribution in [3.63, 3.8) is 0 Å². The highest BCUT2D eigenvalue weighted by Gasteiger charge is 2.26. The Hall–Kier alpha value is -0.870. The number of aryl methyl sites for hydroxylation is 2. The predicted molar refractivity (Wildman–Crippen MR) is 83.7 cm³/mol. The van der Waals surface area contributed by atoms with Gasteiger partial charge in [-0.1, -0.05) is 35.9 Å². The number of hydrogen-bond donors (Lipinski definition) is 1. The van der Waals surface area contributed by atoms with E-state index >= 15 is 0 Å². The zero-order valence-corrected chi connectivity index (χ0v) is 13.0. The van der Waals surface area contributed by atoms with Crippen molar-refractivity contribution < 1.29 is 5.11 Å². The van der Waals surface area contributed by atoms with Crippen LogP contribution in [0, 0.1) is 17.4 Å². The number of aliphatic hydroxyl groups is 1. The van der Waals surface area contributed by atoms with Crippen molar-refractivity contribution >= 4 is 22.6 Å². The molecule has 0 aliphatic rings. The molecular formula is C16H17IO. The minimum Gasteiger partial charge on any atom is -0.381 e. The van der Waals surface area contributed by atoms with E-state index in [9.17, 15) is 5.11 Å². The molecule has 1 nitrogen and oxygen atoms in total. The van der Waals surface area contributed by atoms with Crippen LogP contribution in [0.4, 0.5) is 0 Å². The molecule has 0 aliphatic carbocycles. The Labute approximate surface area is 122 Å². The SMILES string of the molecule is Cc1ccc(C(C)(O)c2ccc(I)cc2)c(C)c1. The molecule has 2 aromatic carbocycles. The Morgan fingerprint density at radius 1 is 1.00 bits per heavy atom. The first kappa shape index (κ1) is 13.6. The Balaban J connectivity index is 2.50. The number of halogens is 1. The first-order valence-electron chi connectivity index (χ1n) is 5.97. The van der Waals surface area contributed by atoms with E-state index in [1.54, 1.807) is 0 Å². The normalized spacial score (nSPS) is 14.3. The monoisotopic (exact) mass is 352 g/mol. The second kappa shape index (κ2) is 5.02.